The van der Waals surface area contributed by atoms with Crippen LogP contribution in [0.3, 0.4) is 0 Å². The summed E-state index contributed by atoms with van der Waals surface area (Å²) in [6.07, 6.45) is 3.70. The molecule has 2 nitrogen and oxygen atoms in total. The van der Waals surface area contributed by atoms with Crippen molar-refractivity contribution in [2.45, 2.75) is 59.1 Å². The van der Waals surface area contributed by atoms with E-state index in [0.29, 0.717) is 5.41 Å². The summed E-state index contributed by atoms with van der Waals surface area (Å²) in [6.45, 7) is 12.5. The van der Waals surface area contributed by atoms with Gasteiger partial charge in [-0.15, -0.1) is 0 Å². The predicted octanol–water partition coefficient (Wildman–Crippen LogP) is 3.37. The van der Waals surface area contributed by atoms with Gasteiger partial charge in [0.1, 0.15) is 6.54 Å². The quantitative estimate of drug-likeness (QED) is 0.799. The molecule has 118 valence electrons. The van der Waals surface area contributed by atoms with Crippen LogP contribution in [-0.2, 0) is 11.3 Å². The van der Waals surface area contributed by atoms with Crippen molar-refractivity contribution in [3.05, 3.63) is 35.9 Å². The van der Waals surface area contributed by atoms with Crippen LogP contribution >= 0.6 is 0 Å². The highest BCUT2D eigenvalue weighted by Crippen LogP contribution is 2.46. The van der Waals surface area contributed by atoms with Crippen molar-refractivity contribution in [2.75, 3.05) is 13.2 Å². The molecule has 1 heterocycles. The fourth-order valence-corrected chi connectivity index (χ4v) is 3.79. The van der Waals surface area contributed by atoms with Crippen LogP contribution in [0, 0.1) is 11.3 Å². The maximum Gasteiger partial charge on any atom is 0.101 e. The highest BCUT2D eigenvalue weighted by Gasteiger charge is 2.42. The molecule has 0 aromatic heterocycles. The first-order valence-corrected chi connectivity index (χ1v) is 8.43. The molecule has 0 saturated carbocycles. The van der Waals surface area contributed by atoms with Crippen LogP contribution in [0.5, 0.6) is 0 Å². The molecule has 2 rings (SSSR count). The van der Waals surface area contributed by atoms with Crippen LogP contribution in [-0.4, -0.2) is 18.8 Å². The Morgan fingerprint density at radius 2 is 1.90 bits per heavy atom. The van der Waals surface area contributed by atoms with E-state index in [4.69, 9.17) is 4.74 Å². The molecule has 0 bridgehead atoms. The SMILES string of the molecule is CC(C)[C@@]1(CC[NH2+]Cc2ccccc2)CCOC(C)(C)C1. The largest absolute Gasteiger partial charge is 0.376 e. The van der Waals surface area contributed by atoms with Crippen LogP contribution in [0.4, 0.5) is 0 Å². The van der Waals surface area contributed by atoms with E-state index in [1.54, 1.807) is 0 Å². The second-order valence-corrected chi connectivity index (χ2v) is 7.57. The van der Waals surface area contributed by atoms with Gasteiger partial charge in [-0.2, -0.15) is 0 Å². The van der Waals surface area contributed by atoms with Crippen molar-refractivity contribution >= 4 is 0 Å². The molecular formula is C19H32NO+. The Hall–Kier alpha value is -0.860. The number of rotatable bonds is 6. The van der Waals surface area contributed by atoms with Crippen LogP contribution in [0.1, 0.15) is 52.5 Å². The lowest BCUT2D eigenvalue weighted by Gasteiger charge is -2.47. The summed E-state index contributed by atoms with van der Waals surface area (Å²) in [5.74, 6) is 0.728. The van der Waals surface area contributed by atoms with Crippen LogP contribution < -0.4 is 5.32 Å². The fraction of sp³-hybridized carbons (Fsp3) is 0.684. The standard InChI is InChI=1S/C19H31NO/c1-16(2)19(11-13-21-18(3,4)15-19)10-12-20-14-17-8-6-5-7-9-17/h5-9,16,20H,10-15H2,1-4H3/p+1/t19-/m0/s1. The van der Waals surface area contributed by atoms with Gasteiger partial charge in [0.05, 0.1) is 12.1 Å². The molecule has 0 spiro atoms. The molecule has 0 aliphatic carbocycles. The zero-order chi connectivity index (χ0) is 15.3. The molecule has 1 aliphatic heterocycles. The van der Waals surface area contributed by atoms with Gasteiger partial charge in [-0.05, 0) is 38.0 Å². The Kier molecular flexibility index (Phi) is 5.45. The van der Waals surface area contributed by atoms with E-state index >= 15 is 0 Å². The minimum Gasteiger partial charge on any atom is -0.376 e. The topological polar surface area (TPSA) is 25.8 Å². The lowest BCUT2D eigenvalue weighted by molar-refractivity contribution is -0.672. The first-order valence-electron chi connectivity index (χ1n) is 8.43. The predicted molar refractivity (Wildman–Crippen MR) is 88.1 cm³/mol. The van der Waals surface area contributed by atoms with E-state index in [9.17, 15) is 0 Å². The van der Waals surface area contributed by atoms with Gasteiger partial charge in [0, 0.05) is 18.6 Å². The van der Waals surface area contributed by atoms with Crippen LogP contribution in [0.15, 0.2) is 30.3 Å². The van der Waals surface area contributed by atoms with Crippen molar-refractivity contribution in [2.24, 2.45) is 11.3 Å². The van der Waals surface area contributed by atoms with Crippen molar-refractivity contribution in [1.82, 2.24) is 0 Å². The first kappa shape index (κ1) is 16.5. The summed E-state index contributed by atoms with van der Waals surface area (Å²) in [5, 5.41) is 2.46. The summed E-state index contributed by atoms with van der Waals surface area (Å²) < 4.78 is 5.94. The average Bonchev–Trinajstić information content (AvgIpc) is 2.43. The molecule has 0 amide bonds. The van der Waals surface area contributed by atoms with Crippen molar-refractivity contribution in [3.8, 4) is 0 Å². The normalized spacial score (nSPS) is 25.2. The number of hydrogen-bond donors (Lipinski definition) is 1. The minimum atomic E-state index is 0.0436. The highest BCUT2D eigenvalue weighted by atomic mass is 16.5. The molecule has 2 heteroatoms. The summed E-state index contributed by atoms with van der Waals surface area (Å²) in [4.78, 5) is 0. The van der Waals surface area contributed by atoms with Gasteiger partial charge in [0.25, 0.3) is 0 Å². The summed E-state index contributed by atoms with van der Waals surface area (Å²) in [6, 6.07) is 10.8. The van der Waals surface area contributed by atoms with E-state index < -0.39 is 0 Å². The number of ether oxygens (including phenoxy) is 1. The summed E-state index contributed by atoms with van der Waals surface area (Å²) >= 11 is 0. The maximum absolute atomic E-state index is 5.94. The molecule has 2 N–H and O–H groups in total. The van der Waals surface area contributed by atoms with Gasteiger partial charge >= 0.3 is 0 Å². The number of nitrogens with two attached hydrogens (primary N) is 1. The van der Waals surface area contributed by atoms with E-state index in [0.717, 1.165) is 19.1 Å². The van der Waals surface area contributed by atoms with Gasteiger partial charge in [-0.3, -0.25) is 0 Å². The maximum atomic E-state index is 5.94. The van der Waals surface area contributed by atoms with E-state index in [1.807, 2.05) is 0 Å². The number of benzene rings is 1. The molecule has 1 fully saturated rings. The van der Waals surface area contributed by atoms with E-state index in [2.05, 4.69) is 63.3 Å². The summed E-state index contributed by atoms with van der Waals surface area (Å²) in [7, 11) is 0. The second-order valence-electron chi connectivity index (χ2n) is 7.57. The van der Waals surface area contributed by atoms with Gasteiger partial charge in [0.2, 0.25) is 0 Å². The summed E-state index contributed by atoms with van der Waals surface area (Å²) in [5.41, 5.74) is 1.92. The first-order chi connectivity index (χ1) is 9.94. The molecule has 0 unspecified atom stereocenters. The molecule has 0 radical (unpaired) electrons. The molecule has 1 aromatic rings. The van der Waals surface area contributed by atoms with Gasteiger partial charge in [-0.25, -0.2) is 0 Å². The third kappa shape index (κ3) is 4.55. The second kappa shape index (κ2) is 6.93. The van der Waals surface area contributed by atoms with E-state index in [1.165, 1.54) is 31.4 Å². The van der Waals surface area contributed by atoms with Crippen LogP contribution in [0.25, 0.3) is 0 Å². The highest BCUT2D eigenvalue weighted by molar-refractivity contribution is 5.12. The molecule has 21 heavy (non-hydrogen) atoms. The Bertz CT molecular complexity index is 426. The average molecular weight is 290 g/mol. The fourth-order valence-electron chi connectivity index (χ4n) is 3.79. The lowest BCUT2D eigenvalue weighted by atomic mass is 9.65. The molecule has 1 aromatic carbocycles. The van der Waals surface area contributed by atoms with Gasteiger partial charge in [0.15, 0.2) is 0 Å². The van der Waals surface area contributed by atoms with Gasteiger partial charge in [-0.1, -0.05) is 44.2 Å². The zero-order valence-electron chi connectivity index (χ0n) is 14.2. The smallest absolute Gasteiger partial charge is 0.101 e. The number of quaternary nitrogens is 1. The molecule has 1 saturated heterocycles. The molecule has 1 aliphatic rings. The molecule has 1 atom stereocenters. The third-order valence-electron chi connectivity index (χ3n) is 5.16. The van der Waals surface area contributed by atoms with Gasteiger partial charge < -0.3 is 10.1 Å². The van der Waals surface area contributed by atoms with Crippen molar-refractivity contribution < 1.29 is 10.1 Å². The van der Waals surface area contributed by atoms with Crippen molar-refractivity contribution in [1.29, 1.82) is 0 Å². The monoisotopic (exact) mass is 290 g/mol. The minimum absolute atomic E-state index is 0.0436. The Morgan fingerprint density at radius 3 is 2.52 bits per heavy atom. The van der Waals surface area contributed by atoms with Crippen molar-refractivity contribution in [3.63, 3.8) is 0 Å². The van der Waals surface area contributed by atoms with E-state index in [-0.39, 0.29) is 5.60 Å². The molecular weight excluding hydrogens is 258 g/mol. The zero-order valence-corrected chi connectivity index (χ0v) is 14.2. The lowest BCUT2D eigenvalue weighted by Crippen LogP contribution is -2.83. The Morgan fingerprint density at radius 1 is 1.19 bits per heavy atom. The Balaban J connectivity index is 1.86. The van der Waals surface area contributed by atoms with Crippen LogP contribution in [0.2, 0.25) is 0 Å². The Labute approximate surface area is 130 Å². The number of hydrogen-bond acceptors (Lipinski definition) is 1. The third-order valence-corrected chi connectivity index (χ3v) is 5.16.